The van der Waals surface area contributed by atoms with Crippen molar-refractivity contribution in [3.8, 4) is 0 Å². The molecule has 0 aliphatic heterocycles. The minimum absolute atomic E-state index is 0.210. The van der Waals surface area contributed by atoms with E-state index in [2.05, 4.69) is 22.9 Å². The van der Waals surface area contributed by atoms with Crippen molar-refractivity contribution in [3.05, 3.63) is 20.2 Å². The molecule has 0 unspecified atom stereocenters. The SMILES string of the molecule is Cc1sc(=O)n(CC2(CBr)CCCC2)c1C. The quantitative estimate of drug-likeness (QED) is 0.784. The first-order chi connectivity index (χ1) is 7.58. The monoisotopic (exact) mass is 303 g/mol. The van der Waals surface area contributed by atoms with Crippen molar-refractivity contribution < 1.29 is 0 Å². The smallest absolute Gasteiger partial charge is 0.302 e. The van der Waals surface area contributed by atoms with Gasteiger partial charge >= 0.3 is 4.87 Å². The minimum atomic E-state index is 0.210. The number of alkyl halides is 1. The topological polar surface area (TPSA) is 22.0 Å². The zero-order valence-electron chi connectivity index (χ0n) is 9.88. The molecule has 0 amide bonds. The van der Waals surface area contributed by atoms with E-state index in [1.807, 2.05) is 11.5 Å². The van der Waals surface area contributed by atoms with Crippen LogP contribution in [0, 0.1) is 19.3 Å². The number of rotatable bonds is 3. The zero-order valence-corrected chi connectivity index (χ0v) is 12.3. The Labute approximate surface area is 109 Å². The van der Waals surface area contributed by atoms with Gasteiger partial charge in [0.15, 0.2) is 0 Å². The number of aryl methyl sites for hydroxylation is 1. The van der Waals surface area contributed by atoms with Gasteiger partial charge in [0.1, 0.15) is 0 Å². The van der Waals surface area contributed by atoms with Gasteiger partial charge in [-0.1, -0.05) is 40.1 Å². The van der Waals surface area contributed by atoms with E-state index in [-0.39, 0.29) is 4.87 Å². The molecule has 1 heterocycles. The molecule has 2 rings (SSSR count). The number of hydrogen-bond donors (Lipinski definition) is 0. The molecule has 0 N–H and O–H groups in total. The lowest BCUT2D eigenvalue weighted by atomic mass is 9.88. The first kappa shape index (κ1) is 12.4. The van der Waals surface area contributed by atoms with Crippen LogP contribution in [0.2, 0.25) is 0 Å². The Balaban J connectivity index is 2.29. The third-order valence-electron chi connectivity index (χ3n) is 3.82. The second-order valence-corrected chi connectivity index (χ2v) is 6.66. The summed E-state index contributed by atoms with van der Waals surface area (Å²) in [5.74, 6) is 0. The van der Waals surface area contributed by atoms with Crippen LogP contribution in [-0.4, -0.2) is 9.90 Å². The lowest BCUT2D eigenvalue weighted by molar-refractivity contribution is 0.287. The van der Waals surface area contributed by atoms with Gasteiger partial charge in [0.05, 0.1) is 0 Å². The highest BCUT2D eigenvalue weighted by Gasteiger charge is 2.34. The Morgan fingerprint density at radius 3 is 2.44 bits per heavy atom. The molecule has 1 aliphatic rings. The summed E-state index contributed by atoms with van der Waals surface area (Å²) in [5, 5.41) is 1.01. The van der Waals surface area contributed by atoms with Crippen molar-refractivity contribution in [1.82, 2.24) is 4.57 Å². The lowest BCUT2D eigenvalue weighted by Gasteiger charge is -2.27. The van der Waals surface area contributed by atoms with Gasteiger partial charge in [-0.3, -0.25) is 4.79 Å². The zero-order chi connectivity index (χ0) is 11.8. The molecule has 1 aliphatic carbocycles. The highest BCUT2D eigenvalue weighted by Crippen LogP contribution is 2.41. The van der Waals surface area contributed by atoms with Crippen LogP contribution in [0.5, 0.6) is 0 Å². The predicted octanol–water partition coefficient (Wildman–Crippen LogP) is 3.48. The number of nitrogens with zero attached hydrogens (tertiary/aromatic N) is 1. The summed E-state index contributed by atoms with van der Waals surface area (Å²) in [6.45, 7) is 4.99. The normalized spacial score (nSPS) is 19.2. The molecular weight excluding hydrogens is 286 g/mol. The fourth-order valence-corrected chi connectivity index (χ4v) is 4.13. The van der Waals surface area contributed by atoms with Crippen molar-refractivity contribution in [1.29, 1.82) is 0 Å². The van der Waals surface area contributed by atoms with E-state index in [4.69, 9.17) is 0 Å². The molecule has 90 valence electrons. The molecule has 0 saturated heterocycles. The highest BCUT2D eigenvalue weighted by molar-refractivity contribution is 9.09. The van der Waals surface area contributed by atoms with E-state index in [0.717, 1.165) is 22.4 Å². The molecule has 4 heteroatoms. The molecule has 16 heavy (non-hydrogen) atoms. The third kappa shape index (κ3) is 2.14. The van der Waals surface area contributed by atoms with Crippen LogP contribution in [0.3, 0.4) is 0 Å². The fraction of sp³-hybridized carbons (Fsp3) is 0.750. The number of halogens is 1. The molecular formula is C12H18BrNOS. The van der Waals surface area contributed by atoms with Crippen LogP contribution in [0.25, 0.3) is 0 Å². The standard InChI is InChI=1S/C12H18BrNOS/c1-9-10(2)16-11(15)14(9)8-12(7-13)5-3-4-6-12/h3-8H2,1-2H3. The van der Waals surface area contributed by atoms with Crippen LogP contribution in [-0.2, 0) is 6.54 Å². The van der Waals surface area contributed by atoms with Crippen LogP contribution in [0.1, 0.15) is 36.3 Å². The molecule has 1 saturated carbocycles. The summed E-state index contributed by atoms with van der Waals surface area (Å²) in [6, 6.07) is 0. The average Bonchev–Trinajstić information content (AvgIpc) is 2.81. The summed E-state index contributed by atoms with van der Waals surface area (Å²) in [7, 11) is 0. The van der Waals surface area contributed by atoms with Gasteiger partial charge in [-0.25, -0.2) is 0 Å². The van der Waals surface area contributed by atoms with Gasteiger partial charge in [-0.05, 0) is 32.1 Å². The number of thiazole rings is 1. The van der Waals surface area contributed by atoms with E-state index < -0.39 is 0 Å². The molecule has 0 spiro atoms. The minimum Gasteiger partial charge on any atom is -0.302 e. The van der Waals surface area contributed by atoms with Crippen molar-refractivity contribution in [2.75, 3.05) is 5.33 Å². The first-order valence-electron chi connectivity index (χ1n) is 5.81. The van der Waals surface area contributed by atoms with E-state index >= 15 is 0 Å². The lowest BCUT2D eigenvalue weighted by Crippen LogP contribution is -2.30. The maximum atomic E-state index is 11.9. The Kier molecular flexibility index (Phi) is 3.59. The Bertz CT molecular complexity index is 429. The molecule has 0 atom stereocenters. The summed E-state index contributed by atoms with van der Waals surface area (Å²) >= 11 is 5.02. The van der Waals surface area contributed by atoms with Crippen molar-refractivity contribution >= 4 is 27.3 Å². The van der Waals surface area contributed by atoms with Gasteiger partial charge < -0.3 is 4.57 Å². The molecule has 2 nitrogen and oxygen atoms in total. The van der Waals surface area contributed by atoms with Crippen molar-refractivity contribution in [3.63, 3.8) is 0 Å². The summed E-state index contributed by atoms with van der Waals surface area (Å²) in [4.78, 5) is 13.2. The van der Waals surface area contributed by atoms with E-state index in [0.29, 0.717) is 5.41 Å². The largest absolute Gasteiger partial charge is 0.307 e. The maximum absolute atomic E-state index is 11.9. The first-order valence-corrected chi connectivity index (χ1v) is 7.75. The van der Waals surface area contributed by atoms with Gasteiger partial charge in [-0.15, -0.1) is 0 Å². The highest BCUT2D eigenvalue weighted by atomic mass is 79.9. The molecule has 1 fully saturated rings. The third-order valence-corrected chi connectivity index (χ3v) is 6.00. The average molecular weight is 304 g/mol. The van der Waals surface area contributed by atoms with E-state index in [9.17, 15) is 4.79 Å². The predicted molar refractivity (Wildman–Crippen MR) is 72.7 cm³/mol. The van der Waals surface area contributed by atoms with Gasteiger partial charge in [0.25, 0.3) is 0 Å². The molecule has 0 aromatic carbocycles. The Hall–Kier alpha value is -0.0900. The van der Waals surface area contributed by atoms with Gasteiger partial charge in [0, 0.05) is 22.4 Å². The van der Waals surface area contributed by atoms with E-state index in [1.165, 1.54) is 37.0 Å². The van der Waals surface area contributed by atoms with Crippen LogP contribution in [0.15, 0.2) is 4.79 Å². The van der Waals surface area contributed by atoms with Gasteiger partial charge in [0.2, 0.25) is 0 Å². The molecule has 1 aromatic heterocycles. The van der Waals surface area contributed by atoms with Crippen molar-refractivity contribution in [2.24, 2.45) is 5.41 Å². The molecule has 0 radical (unpaired) electrons. The van der Waals surface area contributed by atoms with Crippen molar-refractivity contribution in [2.45, 2.75) is 46.1 Å². The number of hydrogen-bond acceptors (Lipinski definition) is 2. The Morgan fingerprint density at radius 2 is 2.00 bits per heavy atom. The van der Waals surface area contributed by atoms with Crippen LogP contribution in [0.4, 0.5) is 0 Å². The number of aromatic nitrogens is 1. The second kappa shape index (κ2) is 4.65. The van der Waals surface area contributed by atoms with E-state index in [1.54, 1.807) is 0 Å². The Morgan fingerprint density at radius 1 is 1.38 bits per heavy atom. The molecule has 0 bridgehead atoms. The summed E-state index contributed by atoms with van der Waals surface area (Å²) < 4.78 is 1.98. The van der Waals surface area contributed by atoms with Crippen LogP contribution >= 0.6 is 27.3 Å². The van der Waals surface area contributed by atoms with Gasteiger partial charge in [-0.2, -0.15) is 0 Å². The summed E-state index contributed by atoms with van der Waals surface area (Å²) in [6.07, 6.45) is 5.11. The van der Waals surface area contributed by atoms with Crippen LogP contribution < -0.4 is 4.87 Å². The summed E-state index contributed by atoms with van der Waals surface area (Å²) in [5.41, 5.74) is 1.48. The molecule has 1 aromatic rings. The fourth-order valence-electron chi connectivity index (χ4n) is 2.56. The maximum Gasteiger partial charge on any atom is 0.307 e. The second-order valence-electron chi connectivity index (χ2n) is 4.94.